The molecule has 1 heterocycles. The van der Waals surface area contributed by atoms with E-state index in [0.29, 0.717) is 16.6 Å². The number of hydrogen-bond acceptors (Lipinski definition) is 4. The Hall–Kier alpha value is -4.00. The summed E-state index contributed by atoms with van der Waals surface area (Å²) in [5.74, 6) is -2.71. The van der Waals surface area contributed by atoms with Crippen molar-refractivity contribution in [3.63, 3.8) is 0 Å². The molecule has 0 spiro atoms. The number of fused-ring (bicyclic) bond motifs is 1. The molecule has 1 aromatic heterocycles. The van der Waals surface area contributed by atoms with E-state index in [9.17, 15) is 19.1 Å². The Morgan fingerprint density at radius 2 is 1.90 bits per heavy atom. The lowest BCUT2D eigenvalue weighted by Crippen LogP contribution is -2.16. The molecular weight excluding hydrogens is 387 g/mol. The van der Waals surface area contributed by atoms with Crippen LogP contribution in [0.3, 0.4) is 0 Å². The summed E-state index contributed by atoms with van der Waals surface area (Å²) in [5, 5.41) is 10.2. The number of aromatic nitrogens is 2. The van der Waals surface area contributed by atoms with Gasteiger partial charge in [0.2, 0.25) is 0 Å². The minimum Gasteiger partial charge on any atom is -0.496 e. The number of hydrogen-bond donors (Lipinski definition) is 2. The molecule has 4 rings (SSSR count). The van der Waals surface area contributed by atoms with E-state index in [4.69, 9.17) is 4.74 Å². The van der Waals surface area contributed by atoms with Gasteiger partial charge in [0.1, 0.15) is 17.5 Å². The first-order chi connectivity index (χ1) is 14.5. The lowest BCUT2D eigenvalue weighted by molar-refractivity contribution is -0.137. The second-order valence-electron chi connectivity index (χ2n) is 6.72. The number of H-pyrrole nitrogens is 1. The van der Waals surface area contributed by atoms with Gasteiger partial charge in [-0.05, 0) is 23.3 Å². The molecular formula is C23H17FN2O4. The summed E-state index contributed by atoms with van der Waals surface area (Å²) >= 11 is 0. The first-order valence-corrected chi connectivity index (χ1v) is 9.12. The molecule has 0 aliphatic carbocycles. The minimum absolute atomic E-state index is 0.223. The topological polar surface area (TPSA) is 92.3 Å². The van der Waals surface area contributed by atoms with Crippen molar-refractivity contribution in [3.05, 3.63) is 94.3 Å². The monoisotopic (exact) mass is 404 g/mol. The van der Waals surface area contributed by atoms with Gasteiger partial charge in [0, 0.05) is 17.2 Å². The molecule has 0 radical (unpaired) electrons. The number of carbonyl (C=O) groups is 1. The molecule has 0 saturated carbocycles. The van der Waals surface area contributed by atoms with E-state index in [0.717, 1.165) is 0 Å². The van der Waals surface area contributed by atoms with Crippen LogP contribution in [0.4, 0.5) is 4.39 Å². The summed E-state index contributed by atoms with van der Waals surface area (Å²) in [6.45, 7) is 0. The highest BCUT2D eigenvalue weighted by Crippen LogP contribution is 2.36. The van der Waals surface area contributed by atoms with E-state index in [2.05, 4.69) is 9.97 Å². The Balaban J connectivity index is 1.88. The summed E-state index contributed by atoms with van der Waals surface area (Å²) in [5.41, 5.74) is 1.50. The average Bonchev–Trinajstić information content (AvgIpc) is 2.74. The van der Waals surface area contributed by atoms with E-state index in [-0.39, 0.29) is 22.3 Å². The predicted molar refractivity (Wildman–Crippen MR) is 110 cm³/mol. The number of aromatic amines is 1. The number of rotatable bonds is 5. The zero-order valence-electron chi connectivity index (χ0n) is 15.9. The van der Waals surface area contributed by atoms with Crippen LogP contribution in [0.15, 0.2) is 71.8 Å². The molecule has 4 aromatic rings. The number of ether oxygens (including phenoxy) is 1. The fraction of sp³-hybridized carbons (Fsp3) is 0.0870. The van der Waals surface area contributed by atoms with E-state index >= 15 is 0 Å². The number of halogens is 1. The fourth-order valence-electron chi connectivity index (χ4n) is 3.53. The van der Waals surface area contributed by atoms with Crippen LogP contribution in [0.1, 0.15) is 17.0 Å². The van der Waals surface area contributed by atoms with Crippen molar-refractivity contribution in [1.82, 2.24) is 9.97 Å². The quantitative estimate of drug-likeness (QED) is 0.525. The van der Waals surface area contributed by atoms with Crippen molar-refractivity contribution in [3.8, 4) is 16.9 Å². The van der Waals surface area contributed by atoms with Gasteiger partial charge in [-0.2, -0.15) is 0 Å². The normalized spacial score (nSPS) is 11.9. The van der Waals surface area contributed by atoms with Gasteiger partial charge in [-0.25, -0.2) is 9.37 Å². The number of nitrogens with one attached hydrogen (secondary N) is 1. The number of nitrogens with zero attached hydrogens (tertiary/aromatic N) is 1. The number of benzene rings is 3. The highest BCUT2D eigenvalue weighted by molar-refractivity contribution is 5.87. The molecule has 1 atom stereocenters. The van der Waals surface area contributed by atoms with Crippen LogP contribution in [0.25, 0.3) is 22.0 Å². The molecule has 0 fully saturated rings. The van der Waals surface area contributed by atoms with Gasteiger partial charge in [0.25, 0.3) is 5.56 Å². The zero-order chi connectivity index (χ0) is 21.3. The summed E-state index contributed by atoms with van der Waals surface area (Å²) in [6, 6.07) is 16.3. The first kappa shape index (κ1) is 19.3. The van der Waals surface area contributed by atoms with E-state index in [1.165, 1.54) is 31.6 Å². The Morgan fingerprint density at radius 3 is 2.57 bits per heavy atom. The average molecular weight is 404 g/mol. The minimum atomic E-state index is -1.23. The highest BCUT2D eigenvalue weighted by atomic mass is 19.1. The molecule has 150 valence electrons. The van der Waals surface area contributed by atoms with Crippen LogP contribution in [-0.2, 0) is 4.79 Å². The molecule has 0 saturated heterocycles. The standard InChI is InChI=1S/C23H17FN2O4/c1-30-20-11-19-16(22(27)26-12-25-19)10-17(20)21(23(28)29)14-7-8-15(18(24)9-14)13-5-3-2-4-6-13/h2-12,21H,1H3,(H,28,29)(H,25,26,27). The van der Waals surface area contributed by atoms with Crippen LogP contribution < -0.4 is 10.3 Å². The Kier molecular flexibility index (Phi) is 5.02. The Labute approximate surface area is 170 Å². The summed E-state index contributed by atoms with van der Waals surface area (Å²) in [6.07, 6.45) is 1.26. The summed E-state index contributed by atoms with van der Waals surface area (Å²) in [7, 11) is 1.40. The van der Waals surface area contributed by atoms with Crippen molar-refractivity contribution in [1.29, 1.82) is 0 Å². The van der Waals surface area contributed by atoms with Crippen LogP contribution in [0, 0.1) is 5.82 Å². The Morgan fingerprint density at radius 1 is 1.13 bits per heavy atom. The fourth-order valence-corrected chi connectivity index (χ4v) is 3.53. The number of carboxylic acids is 1. The van der Waals surface area contributed by atoms with E-state index in [1.54, 1.807) is 36.4 Å². The molecule has 0 amide bonds. The second kappa shape index (κ2) is 7.79. The first-order valence-electron chi connectivity index (χ1n) is 9.12. The Bertz CT molecular complexity index is 1300. The van der Waals surface area contributed by atoms with E-state index < -0.39 is 23.3 Å². The van der Waals surface area contributed by atoms with E-state index in [1.807, 2.05) is 6.07 Å². The molecule has 1 unspecified atom stereocenters. The maximum absolute atomic E-state index is 14.9. The molecule has 0 aliphatic heterocycles. The predicted octanol–water partition coefficient (Wildman–Crippen LogP) is 3.95. The summed E-state index contributed by atoms with van der Waals surface area (Å²) < 4.78 is 20.2. The lowest BCUT2D eigenvalue weighted by Gasteiger charge is -2.18. The molecule has 6 nitrogen and oxygen atoms in total. The van der Waals surface area contributed by atoms with Crippen molar-refractivity contribution < 1.29 is 19.0 Å². The van der Waals surface area contributed by atoms with Crippen LogP contribution in [0.5, 0.6) is 5.75 Å². The molecule has 3 aromatic carbocycles. The van der Waals surface area contributed by atoms with Gasteiger partial charge >= 0.3 is 5.97 Å². The molecule has 0 bridgehead atoms. The lowest BCUT2D eigenvalue weighted by atomic mass is 9.88. The third-order valence-electron chi connectivity index (χ3n) is 4.96. The SMILES string of the molecule is COc1cc2nc[nH]c(=O)c2cc1C(C(=O)O)c1ccc(-c2ccccc2)c(F)c1. The van der Waals surface area contributed by atoms with Gasteiger partial charge in [-0.3, -0.25) is 9.59 Å². The smallest absolute Gasteiger partial charge is 0.315 e. The van der Waals surface area contributed by atoms with Gasteiger partial charge in [-0.1, -0.05) is 42.5 Å². The van der Waals surface area contributed by atoms with Crippen molar-refractivity contribution in [2.24, 2.45) is 0 Å². The largest absolute Gasteiger partial charge is 0.496 e. The van der Waals surface area contributed by atoms with Crippen LogP contribution in [-0.4, -0.2) is 28.2 Å². The second-order valence-corrected chi connectivity index (χ2v) is 6.72. The van der Waals surface area contributed by atoms with Gasteiger partial charge < -0.3 is 14.8 Å². The van der Waals surface area contributed by atoms with Gasteiger partial charge in [0.15, 0.2) is 0 Å². The number of aliphatic carboxylic acids is 1. The number of methoxy groups -OCH3 is 1. The molecule has 0 aliphatic rings. The van der Waals surface area contributed by atoms with Crippen molar-refractivity contribution in [2.45, 2.75) is 5.92 Å². The third kappa shape index (κ3) is 3.41. The van der Waals surface area contributed by atoms with Crippen molar-refractivity contribution in [2.75, 3.05) is 7.11 Å². The van der Waals surface area contributed by atoms with Gasteiger partial charge in [-0.15, -0.1) is 0 Å². The molecule has 2 N–H and O–H groups in total. The maximum atomic E-state index is 14.9. The summed E-state index contributed by atoms with van der Waals surface area (Å²) in [4.78, 5) is 30.9. The molecule has 7 heteroatoms. The van der Waals surface area contributed by atoms with Crippen LogP contribution >= 0.6 is 0 Å². The van der Waals surface area contributed by atoms with Crippen LogP contribution in [0.2, 0.25) is 0 Å². The highest BCUT2D eigenvalue weighted by Gasteiger charge is 2.27. The molecule has 30 heavy (non-hydrogen) atoms. The zero-order valence-corrected chi connectivity index (χ0v) is 15.9. The van der Waals surface area contributed by atoms with Gasteiger partial charge in [0.05, 0.1) is 24.3 Å². The number of carboxylic acid groups (broad SMARTS) is 1. The third-order valence-corrected chi connectivity index (χ3v) is 4.96. The maximum Gasteiger partial charge on any atom is 0.315 e. The van der Waals surface area contributed by atoms with Crippen molar-refractivity contribution >= 4 is 16.9 Å².